The van der Waals surface area contributed by atoms with Crippen molar-refractivity contribution >= 4 is 17.9 Å². The average molecular weight is 476 g/mol. The van der Waals surface area contributed by atoms with Crippen LogP contribution in [0.4, 0.5) is 4.79 Å². The van der Waals surface area contributed by atoms with Crippen molar-refractivity contribution in [3.63, 3.8) is 0 Å². The molecule has 192 valence electrons. The molecule has 0 spiro atoms. The lowest BCUT2D eigenvalue weighted by atomic mass is 9.98. The number of benzene rings is 1. The summed E-state index contributed by atoms with van der Waals surface area (Å²) in [5.74, 6) is -0.506. The van der Waals surface area contributed by atoms with Crippen LogP contribution >= 0.6 is 0 Å². The van der Waals surface area contributed by atoms with Crippen molar-refractivity contribution in [2.24, 2.45) is 0 Å². The molecular formula is C27H45N3O4. The minimum absolute atomic E-state index is 0.196. The predicted octanol–water partition coefficient (Wildman–Crippen LogP) is 5.19. The van der Waals surface area contributed by atoms with Crippen LogP contribution in [0.5, 0.6) is 0 Å². The highest BCUT2D eigenvalue weighted by Gasteiger charge is 2.31. The van der Waals surface area contributed by atoms with Gasteiger partial charge in [-0.05, 0) is 64.2 Å². The highest BCUT2D eigenvalue weighted by Crippen LogP contribution is 2.25. The molecule has 7 heteroatoms. The zero-order chi connectivity index (χ0) is 25.7. The molecule has 2 N–H and O–H groups in total. The Morgan fingerprint density at radius 3 is 2.21 bits per heavy atom. The molecule has 7 nitrogen and oxygen atoms in total. The summed E-state index contributed by atoms with van der Waals surface area (Å²) < 4.78 is 5.27. The number of ether oxygens (including phenoxy) is 1. The molecule has 1 unspecified atom stereocenters. The number of carbonyl (C=O) groups is 3. The maximum absolute atomic E-state index is 13.4. The van der Waals surface area contributed by atoms with Crippen molar-refractivity contribution in [2.75, 3.05) is 19.6 Å². The van der Waals surface area contributed by atoms with Gasteiger partial charge < -0.3 is 20.3 Å². The van der Waals surface area contributed by atoms with E-state index >= 15 is 0 Å². The van der Waals surface area contributed by atoms with Gasteiger partial charge in [0.1, 0.15) is 18.2 Å². The Kier molecular flexibility index (Phi) is 12.7. The maximum Gasteiger partial charge on any atom is 0.408 e. The van der Waals surface area contributed by atoms with Crippen molar-refractivity contribution < 1.29 is 19.1 Å². The second-order valence-corrected chi connectivity index (χ2v) is 9.89. The number of aryl methyl sites for hydroxylation is 2. The van der Waals surface area contributed by atoms with E-state index in [9.17, 15) is 14.4 Å². The monoisotopic (exact) mass is 475 g/mol. The van der Waals surface area contributed by atoms with Gasteiger partial charge >= 0.3 is 6.09 Å². The van der Waals surface area contributed by atoms with Crippen LogP contribution in [0, 0.1) is 13.8 Å². The molecule has 0 fully saturated rings. The summed E-state index contributed by atoms with van der Waals surface area (Å²) in [5, 5.41) is 5.56. The van der Waals surface area contributed by atoms with Gasteiger partial charge in [0, 0.05) is 13.1 Å². The van der Waals surface area contributed by atoms with Crippen LogP contribution < -0.4 is 10.6 Å². The molecule has 0 saturated carbocycles. The van der Waals surface area contributed by atoms with E-state index in [1.54, 1.807) is 25.7 Å². The summed E-state index contributed by atoms with van der Waals surface area (Å²) in [4.78, 5) is 40.5. The Morgan fingerprint density at radius 1 is 0.941 bits per heavy atom. The zero-order valence-corrected chi connectivity index (χ0v) is 22.3. The van der Waals surface area contributed by atoms with Gasteiger partial charge in [-0.25, -0.2) is 4.79 Å². The molecule has 0 aliphatic carbocycles. The number of carbonyl (C=O) groups excluding carboxylic acids is 3. The Hall–Kier alpha value is -2.57. The van der Waals surface area contributed by atoms with Crippen molar-refractivity contribution in [3.8, 4) is 0 Å². The first kappa shape index (κ1) is 29.5. The number of amides is 3. The smallest absolute Gasteiger partial charge is 0.408 e. The molecule has 3 amide bonds. The first-order valence-corrected chi connectivity index (χ1v) is 12.6. The molecule has 1 rings (SSSR count). The number of nitrogens with zero attached hydrogens (tertiary/aromatic N) is 1. The van der Waals surface area contributed by atoms with E-state index in [4.69, 9.17) is 4.74 Å². The number of nitrogens with one attached hydrogen (secondary N) is 2. The Balaban J connectivity index is 3.20. The minimum Gasteiger partial charge on any atom is -0.444 e. The molecule has 0 radical (unpaired) electrons. The lowest BCUT2D eigenvalue weighted by Gasteiger charge is -2.32. The fourth-order valence-electron chi connectivity index (χ4n) is 3.56. The number of rotatable bonds is 13. The molecule has 1 aromatic carbocycles. The predicted molar refractivity (Wildman–Crippen MR) is 137 cm³/mol. The Bertz CT molecular complexity index is 802. The quantitative estimate of drug-likeness (QED) is 0.384. The van der Waals surface area contributed by atoms with E-state index in [1.165, 1.54) is 0 Å². The highest BCUT2D eigenvalue weighted by atomic mass is 16.6. The summed E-state index contributed by atoms with van der Waals surface area (Å²) in [7, 11) is 0. The third-order valence-electron chi connectivity index (χ3n) is 5.59. The van der Waals surface area contributed by atoms with Crippen LogP contribution in [0.15, 0.2) is 18.2 Å². The number of hydrogen-bond acceptors (Lipinski definition) is 4. The zero-order valence-electron chi connectivity index (χ0n) is 22.3. The van der Waals surface area contributed by atoms with Crippen LogP contribution in [0.1, 0.15) is 95.9 Å². The lowest BCUT2D eigenvalue weighted by molar-refractivity contribution is -0.140. The fraction of sp³-hybridized carbons (Fsp3) is 0.667. The second-order valence-electron chi connectivity index (χ2n) is 9.89. The summed E-state index contributed by atoms with van der Waals surface area (Å²) in [6.45, 7) is 14.3. The minimum atomic E-state index is -0.759. The SMILES string of the molecule is CCCCCCN(C(=O)CNC(=O)OC(C)(C)C)C(C(=O)NCCCC)c1ccc(C)c(C)c1. The van der Waals surface area contributed by atoms with Gasteiger partial charge in [0.2, 0.25) is 11.8 Å². The van der Waals surface area contributed by atoms with Crippen molar-refractivity contribution in [2.45, 2.75) is 98.6 Å². The first-order valence-electron chi connectivity index (χ1n) is 12.6. The van der Waals surface area contributed by atoms with E-state index < -0.39 is 17.7 Å². The van der Waals surface area contributed by atoms with E-state index in [1.807, 2.05) is 32.0 Å². The topological polar surface area (TPSA) is 87.7 Å². The van der Waals surface area contributed by atoms with Crippen LogP contribution in [0.2, 0.25) is 0 Å². The van der Waals surface area contributed by atoms with Crippen molar-refractivity contribution in [3.05, 3.63) is 34.9 Å². The van der Waals surface area contributed by atoms with Crippen LogP contribution in [-0.2, 0) is 14.3 Å². The maximum atomic E-state index is 13.4. The second kappa shape index (κ2) is 14.6. The van der Waals surface area contributed by atoms with E-state index in [2.05, 4.69) is 24.5 Å². The number of hydrogen-bond donors (Lipinski definition) is 2. The molecule has 0 bridgehead atoms. The van der Waals surface area contributed by atoms with Gasteiger partial charge in [-0.2, -0.15) is 0 Å². The fourth-order valence-corrected chi connectivity index (χ4v) is 3.56. The van der Waals surface area contributed by atoms with Gasteiger partial charge in [0.05, 0.1) is 0 Å². The van der Waals surface area contributed by atoms with Gasteiger partial charge in [0.15, 0.2) is 0 Å². The van der Waals surface area contributed by atoms with Gasteiger partial charge in [0.25, 0.3) is 0 Å². The van der Waals surface area contributed by atoms with Gasteiger partial charge in [-0.1, -0.05) is 57.7 Å². The summed E-state index contributed by atoms with van der Waals surface area (Å²) in [6.07, 6.45) is 5.08. The number of alkyl carbamates (subject to hydrolysis) is 1. The summed E-state index contributed by atoms with van der Waals surface area (Å²) in [5.41, 5.74) is 2.31. The van der Waals surface area contributed by atoms with Crippen LogP contribution in [0.3, 0.4) is 0 Å². The normalized spacial score (nSPS) is 12.1. The number of unbranched alkanes of at least 4 members (excludes halogenated alkanes) is 4. The lowest BCUT2D eigenvalue weighted by Crippen LogP contribution is -2.48. The van der Waals surface area contributed by atoms with E-state index in [0.29, 0.717) is 13.1 Å². The standard InChI is InChI=1S/C27H45N3O4/c1-8-10-12-13-17-30(23(31)19-29-26(33)34-27(5,6)7)24(25(32)28-16-11-9-2)22-15-14-20(3)21(4)18-22/h14-15,18,24H,8-13,16-17,19H2,1-7H3,(H,28,32)(H,29,33). The molecule has 0 aromatic heterocycles. The van der Waals surface area contributed by atoms with Crippen LogP contribution in [-0.4, -0.2) is 48.0 Å². The molecular weight excluding hydrogens is 430 g/mol. The van der Waals surface area contributed by atoms with E-state index in [0.717, 1.165) is 55.2 Å². The molecule has 0 saturated heterocycles. The van der Waals surface area contributed by atoms with Crippen LogP contribution in [0.25, 0.3) is 0 Å². The van der Waals surface area contributed by atoms with Crippen molar-refractivity contribution in [1.82, 2.24) is 15.5 Å². The molecule has 1 atom stereocenters. The third-order valence-corrected chi connectivity index (χ3v) is 5.59. The molecule has 0 aliphatic heterocycles. The van der Waals surface area contributed by atoms with Crippen molar-refractivity contribution in [1.29, 1.82) is 0 Å². The summed E-state index contributed by atoms with van der Waals surface area (Å²) in [6, 6.07) is 5.12. The largest absolute Gasteiger partial charge is 0.444 e. The first-order chi connectivity index (χ1) is 16.0. The molecule has 0 aliphatic rings. The molecule has 1 aromatic rings. The third kappa shape index (κ3) is 10.6. The highest BCUT2D eigenvalue weighted by molar-refractivity contribution is 5.90. The van der Waals surface area contributed by atoms with Gasteiger partial charge in [-0.15, -0.1) is 0 Å². The molecule has 34 heavy (non-hydrogen) atoms. The Morgan fingerprint density at radius 2 is 1.62 bits per heavy atom. The van der Waals surface area contributed by atoms with E-state index in [-0.39, 0.29) is 18.4 Å². The Labute approximate surface area is 206 Å². The van der Waals surface area contributed by atoms with Gasteiger partial charge in [-0.3, -0.25) is 9.59 Å². The molecule has 0 heterocycles. The average Bonchev–Trinajstić information content (AvgIpc) is 2.75. The summed E-state index contributed by atoms with van der Waals surface area (Å²) >= 11 is 0.